The Morgan fingerprint density at radius 2 is 2.42 bits per heavy atom. The standard InChI is InChI=1S/C11H9N3O3S2/c1-5(10(16)17)19-7-4-14-9(15)8-6(2-3-18-8)12-11(14)13-7/h2-5H,1H3,(H,12,13)(H,16,17). The van der Waals surface area contributed by atoms with Crippen molar-refractivity contribution in [2.75, 3.05) is 0 Å². The van der Waals surface area contributed by atoms with Crippen LogP contribution in [0.5, 0.6) is 0 Å². The Morgan fingerprint density at radius 1 is 1.63 bits per heavy atom. The fourth-order valence-corrected chi connectivity index (χ4v) is 3.25. The first-order valence-electron chi connectivity index (χ1n) is 5.44. The predicted octanol–water partition coefficient (Wildman–Crippen LogP) is 1.80. The van der Waals surface area contributed by atoms with Crippen molar-refractivity contribution < 1.29 is 9.90 Å². The second-order valence-electron chi connectivity index (χ2n) is 3.96. The normalized spacial score (nSPS) is 13.1. The van der Waals surface area contributed by atoms with Crippen LogP contribution in [0.2, 0.25) is 0 Å². The van der Waals surface area contributed by atoms with Crippen molar-refractivity contribution in [1.29, 1.82) is 0 Å². The molecule has 3 aromatic rings. The van der Waals surface area contributed by atoms with Gasteiger partial charge < -0.3 is 10.1 Å². The third-order valence-electron chi connectivity index (χ3n) is 2.65. The Labute approximate surface area is 115 Å². The summed E-state index contributed by atoms with van der Waals surface area (Å²) in [6, 6.07) is 1.82. The van der Waals surface area contributed by atoms with Crippen LogP contribution in [0.4, 0.5) is 0 Å². The number of carboxylic acid groups (broad SMARTS) is 1. The van der Waals surface area contributed by atoms with E-state index in [9.17, 15) is 9.59 Å². The molecule has 6 nitrogen and oxygen atoms in total. The topological polar surface area (TPSA) is 87.5 Å². The number of nitrogens with zero attached hydrogens (tertiary/aromatic N) is 2. The Morgan fingerprint density at radius 3 is 3.16 bits per heavy atom. The molecule has 3 heterocycles. The minimum Gasteiger partial charge on any atom is -0.480 e. The van der Waals surface area contributed by atoms with Crippen molar-refractivity contribution in [3.8, 4) is 0 Å². The van der Waals surface area contributed by atoms with Crippen LogP contribution in [-0.2, 0) is 4.79 Å². The summed E-state index contributed by atoms with van der Waals surface area (Å²) in [6.45, 7) is 1.58. The van der Waals surface area contributed by atoms with Gasteiger partial charge in [-0.15, -0.1) is 11.3 Å². The average Bonchev–Trinajstić information content (AvgIpc) is 2.95. The van der Waals surface area contributed by atoms with Crippen LogP contribution >= 0.6 is 23.1 Å². The predicted molar refractivity (Wildman–Crippen MR) is 74.2 cm³/mol. The van der Waals surface area contributed by atoms with E-state index in [1.54, 1.807) is 13.1 Å². The fourth-order valence-electron chi connectivity index (χ4n) is 1.69. The molecule has 98 valence electrons. The highest BCUT2D eigenvalue weighted by molar-refractivity contribution is 8.00. The number of aromatic nitrogens is 3. The summed E-state index contributed by atoms with van der Waals surface area (Å²) < 4.78 is 2.04. The molecule has 0 aliphatic heterocycles. The molecule has 0 spiro atoms. The molecule has 1 atom stereocenters. The minimum atomic E-state index is -0.908. The van der Waals surface area contributed by atoms with Gasteiger partial charge in [0, 0.05) is 6.20 Å². The molecule has 19 heavy (non-hydrogen) atoms. The second kappa shape index (κ2) is 4.39. The van der Waals surface area contributed by atoms with Gasteiger partial charge in [0.1, 0.15) is 15.0 Å². The lowest BCUT2D eigenvalue weighted by Gasteiger charge is -2.00. The van der Waals surface area contributed by atoms with Crippen LogP contribution in [0.1, 0.15) is 6.92 Å². The lowest BCUT2D eigenvalue weighted by Crippen LogP contribution is -2.11. The van der Waals surface area contributed by atoms with E-state index >= 15 is 0 Å². The van der Waals surface area contributed by atoms with Crippen molar-refractivity contribution in [2.45, 2.75) is 17.2 Å². The molecule has 0 radical (unpaired) electrons. The maximum Gasteiger partial charge on any atom is 0.316 e. The summed E-state index contributed by atoms with van der Waals surface area (Å²) >= 11 is 2.47. The van der Waals surface area contributed by atoms with Gasteiger partial charge in [0.05, 0.1) is 5.52 Å². The first-order valence-corrected chi connectivity index (χ1v) is 7.20. The molecular weight excluding hydrogens is 286 g/mol. The Hall–Kier alpha value is -1.80. The molecule has 0 aliphatic carbocycles. The highest BCUT2D eigenvalue weighted by atomic mass is 32.2. The summed E-state index contributed by atoms with van der Waals surface area (Å²) in [5.41, 5.74) is 0.608. The van der Waals surface area contributed by atoms with E-state index < -0.39 is 11.2 Å². The van der Waals surface area contributed by atoms with Gasteiger partial charge in [-0.1, -0.05) is 11.8 Å². The zero-order chi connectivity index (χ0) is 13.6. The number of carbonyl (C=O) groups is 1. The van der Waals surface area contributed by atoms with Gasteiger partial charge in [0.25, 0.3) is 5.56 Å². The second-order valence-corrected chi connectivity index (χ2v) is 6.24. The third kappa shape index (κ3) is 2.02. The summed E-state index contributed by atoms with van der Waals surface area (Å²) in [5, 5.41) is 10.6. The minimum absolute atomic E-state index is 0.138. The van der Waals surface area contributed by atoms with Crippen LogP contribution < -0.4 is 5.56 Å². The van der Waals surface area contributed by atoms with Crippen molar-refractivity contribution in [2.24, 2.45) is 0 Å². The van der Waals surface area contributed by atoms with E-state index in [-0.39, 0.29) is 5.56 Å². The quantitative estimate of drug-likeness (QED) is 0.719. The van der Waals surface area contributed by atoms with Crippen LogP contribution in [0.25, 0.3) is 16.0 Å². The highest BCUT2D eigenvalue weighted by Gasteiger charge is 2.16. The molecule has 0 aliphatic rings. The molecule has 1 unspecified atom stereocenters. The number of aliphatic carboxylic acids is 1. The first-order chi connectivity index (χ1) is 9.06. The molecule has 0 fully saturated rings. The Kier molecular flexibility index (Phi) is 2.83. The SMILES string of the molecule is CC(Sc1cn2c(=O)c3sccc3[nH]c2n1)C(=O)O. The zero-order valence-electron chi connectivity index (χ0n) is 9.78. The summed E-state index contributed by atoms with van der Waals surface area (Å²) in [5.74, 6) is -0.481. The van der Waals surface area contributed by atoms with Gasteiger partial charge in [-0.05, 0) is 18.4 Å². The molecule has 0 saturated heterocycles. The number of carboxylic acids is 1. The van der Waals surface area contributed by atoms with Gasteiger partial charge in [0.2, 0.25) is 5.78 Å². The van der Waals surface area contributed by atoms with Crippen LogP contribution in [0.3, 0.4) is 0 Å². The summed E-state index contributed by atoms with van der Waals surface area (Å²) in [4.78, 5) is 30.3. The number of H-pyrrole nitrogens is 1. The van der Waals surface area contributed by atoms with Crippen molar-refractivity contribution in [3.05, 3.63) is 28.0 Å². The van der Waals surface area contributed by atoms with E-state index in [2.05, 4.69) is 9.97 Å². The average molecular weight is 295 g/mol. The fraction of sp³-hybridized carbons (Fsp3) is 0.182. The molecular formula is C11H9N3O3S2. The molecule has 3 aromatic heterocycles. The van der Waals surface area contributed by atoms with E-state index in [1.807, 2.05) is 11.4 Å². The van der Waals surface area contributed by atoms with Gasteiger partial charge in [-0.25, -0.2) is 9.38 Å². The lowest BCUT2D eigenvalue weighted by molar-refractivity contribution is -0.136. The van der Waals surface area contributed by atoms with Crippen LogP contribution in [0, 0.1) is 0 Å². The highest BCUT2D eigenvalue weighted by Crippen LogP contribution is 2.23. The number of aromatic amines is 1. The Balaban J connectivity index is 2.13. The molecule has 3 rings (SSSR count). The van der Waals surface area contributed by atoms with E-state index in [0.717, 1.165) is 17.3 Å². The van der Waals surface area contributed by atoms with Crippen molar-refractivity contribution >= 4 is 45.1 Å². The number of imidazole rings is 1. The number of thioether (sulfide) groups is 1. The summed E-state index contributed by atoms with van der Waals surface area (Å²) in [7, 11) is 0. The monoisotopic (exact) mass is 295 g/mol. The number of nitrogens with one attached hydrogen (secondary N) is 1. The zero-order valence-corrected chi connectivity index (χ0v) is 11.4. The maximum atomic E-state index is 12.2. The van der Waals surface area contributed by atoms with Crippen LogP contribution in [-0.4, -0.2) is 30.7 Å². The maximum absolute atomic E-state index is 12.2. The largest absolute Gasteiger partial charge is 0.480 e. The number of thiophene rings is 1. The molecule has 8 heteroatoms. The van der Waals surface area contributed by atoms with Crippen molar-refractivity contribution in [3.63, 3.8) is 0 Å². The molecule has 0 amide bonds. The number of hydrogen-bond donors (Lipinski definition) is 2. The number of fused-ring (bicyclic) bond motifs is 2. The van der Waals surface area contributed by atoms with Crippen LogP contribution in [0.15, 0.2) is 27.5 Å². The van der Waals surface area contributed by atoms with E-state index in [4.69, 9.17) is 5.11 Å². The van der Waals surface area contributed by atoms with E-state index in [1.165, 1.54) is 15.7 Å². The smallest absolute Gasteiger partial charge is 0.316 e. The molecule has 2 N–H and O–H groups in total. The lowest BCUT2D eigenvalue weighted by atomic mass is 10.5. The van der Waals surface area contributed by atoms with Gasteiger partial charge in [-0.2, -0.15) is 0 Å². The molecule has 0 aromatic carbocycles. The molecule has 0 saturated carbocycles. The third-order valence-corrected chi connectivity index (χ3v) is 4.55. The van der Waals surface area contributed by atoms with Gasteiger partial charge in [-0.3, -0.25) is 9.59 Å². The van der Waals surface area contributed by atoms with Gasteiger partial charge >= 0.3 is 5.97 Å². The van der Waals surface area contributed by atoms with E-state index in [0.29, 0.717) is 15.5 Å². The van der Waals surface area contributed by atoms with Gasteiger partial charge in [0.15, 0.2) is 0 Å². The number of hydrogen-bond acceptors (Lipinski definition) is 5. The first kappa shape index (κ1) is 12.2. The van der Waals surface area contributed by atoms with Crippen molar-refractivity contribution in [1.82, 2.24) is 14.4 Å². The molecule has 0 bridgehead atoms. The summed E-state index contributed by atoms with van der Waals surface area (Å²) in [6.07, 6.45) is 1.57. The Bertz CT molecular complexity index is 833. The number of rotatable bonds is 3.